The highest BCUT2D eigenvalue weighted by molar-refractivity contribution is 8.26. The fourth-order valence-electron chi connectivity index (χ4n) is 2.95. The lowest BCUT2D eigenvalue weighted by atomic mass is 10.1. The third-order valence-electron chi connectivity index (χ3n) is 4.48. The Bertz CT molecular complexity index is 1050. The fourth-order valence-corrected chi connectivity index (χ4v) is 4.24. The number of hydrogen-bond donors (Lipinski definition) is 1. The highest BCUT2D eigenvalue weighted by Crippen LogP contribution is 2.33. The average Bonchev–Trinajstić information content (AvgIpc) is 2.98. The maximum atomic E-state index is 13.5. The minimum absolute atomic E-state index is 0.0700. The standard InChI is InChI=1S/C21H17F3N2O3S2/c22-14-9-12(10-15(23)19(14)24)16-6-4-5-13(25-16)11-17-20(29)26(21(30)31-17)8-3-1-2-7-18(27)28/h4-6,9-11H,1-3,7-8H2,(H,27,28)/b17-11-. The van der Waals surface area contributed by atoms with E-state index in [2.05, 4.69) is 4.98 Å². The number of carbonyl (C=O) groups excluding carboxylic acids is 1. The van der Waals surface area contributed by atoms with Crippen molar-refractivity contribution in [2.45, 2.75) is 25.7 Å². The molecular weight excluding hydrogens is 449 g/mol. The highest BCUT2D eigenvalue weighted by atomic mass is 32.2. The van der Waals surface area contributed by atoms with Crippen molar-refractivity contribution in [3.8, 4) is 11.3 Å². The van der Waals surface area contributed by atoms with Gasteiger partial charge in [0.05, 0.1) is 16.3 Å². The Morgan fingerprint density at radius 1 is 1.16 bits per heavy atom. The minimum atomic E-state index is -1.55. The number of carboxylic acid groups (broad SMARTS) is 1. The highest BCUT2D eigenvalue weighted by Gasteiger charge is 2.31. The first kappa shape index (κ1) is 23.0. The van der Waals surface area contributed by atoms with Gasteiger partial charge in [-0.05, 0) is 43.2 Å². The predicted octanol–water partition coefficient (Wildman–Crippen LogP) is 5.01. The molecular formula is C21H17F3N2O3S2. The molecule has 5 nitrogen and oxygen atoms in total. The molecule has 0 unspecified atom stereocenters. The molecule has 0 spiro atoms. The topological polar surface area (TPSA) is 70.5 Å². The number of aromatic nitrogens is 1. The molecule has 1 N–H and O–H groups in total. The van der Waals surface area contributed by atoms with E-state index in [9.17, 15) is 22.8 Å². The van der Waals surface area contributed by atoms with Crippen molar-refractivity contribution in [3.63, 3.8) is 0 Å². The lowest BCUT2D eigenvalue weighted by molar-refractivity contribution is -0.137. The van der Waals surface area contributed by atoms with Gasteiger partial charge in [0, 0.05) is 18.5 Å². The molecule has 10 heteroatoms. The molecule has 0 radical (unpaired) electrons. The number of pyridine rings is 1. The normalized spacial score (nSPS) is 15.2. The van der Waals surface area contributed by atoms with Gasteiger partial charge in [0.25, 0.3) is 5.91 Å². The monoisotopic (exact) mass is 466 g/mol. The maximum Gasteiger partial charge on any atom is 0.303 e. The van der Waals surface area contributed by atoms with Crippen LogP contribution in [-0.4, -0.2) is 37.7 Å². The molecule has 162 valence electrons. The predicted molar refractivity (Wildman–Crippen MR) is 116 cm³/mol. The van der Waals surface area contributed by atoms with E-state index in [1.165, 1.54) is 17.0 Å². The van der Waals surface area contributed by atoms with Gasteiger partial charge in [-0.25, -0.2) is 18.2 Å². The van der Waals surface area contributed by atoms with Crippen LogP contribution in [0.5, 0.6) is 0 Å². The number of carboxylic acids is 1. The van der Waals surface area contributed by atoms with E-state index in [0.717, 1.165) is 23.9 Å². The van der Waals surface area contributed by atoms with E-state index in [1.54, 1.807) is 12.1 Å². The minimum Gasteiger partial charge on any atom is -0.481 e. The first-order valence-corrected chi connectivity index (χ1v) is 10.6. The number of hydrogen-bond acceptors (Lipinski definition) is 5. The third-order valence-corrected chi connectivity index (χ3v) is 5.85. The number of rotatable bonds is 8. The Morgan fingerprint density at radius 2 is 1.87 bits per heavy atom. The number of halogens is 3. The molecule has 1 aromatic carbocycles. The van der Waals surface area contributed by atoms with E-state index in [4.69, 9.17) is 17.3 Å². The smallest absolute Gasteiger partial charge is 0.303 e. The van der Waals surface area contributed by atoms with Gasteiger partial charge in [-0.3, -0.25) is 14.5 Å². The summed E-state index contributed by atoms with van der Waals surface area (Å²) in [7, 11) is 0. The van der Waals surface area contributed by atoms with E-state index >= 15 is 0 Å². The summed E-state index contributed by atoms with van der Waals surface area (Å²) in [6.07, 6.45) is 3.44. The lowest BCUT2D eigenvalue weighted by Crippen LogP contribution is -2.29. The van der Waals surface area contributed by atoms with Crippen molar-refractivity contribution in [3.05, 3.63) is 58.4 Å². The van der Waals surface area contributed by atoms with Crippen LogP contribution in [0.3, 0.4) is 0 Å². The lowest BCUT2D eigenvalue weighted by Gasteiger charge is -2.13. The molecule has 0 atom stereocenters. The van der Waals surface area contributed by atoms with Gasteiger partial charge in [0.1, 0.15) is 4.32 Å². The van der Waals surface area contributed by atoms with E-state index in [1.807, 2.05) is 0 Å². The molecule has 1 aliphatic rings. The summed E-state index contributed by atoms with van der Waals surface area (Å²) in [5.74, 6) is -5.31. The number of unbranched alkanes of at least 4 members (excludes halogenated alkanes) is 2. The largest absolute Gasteiger partial charge is 0.481 e. The second-order valence-corrected chi connectivity index (χ2v) is 8.42. The van der Waals surface area contributed by atoms with Crippen molar-refractivity contribution in [2.24, 2.45) is 0 Å². The van der Waals surface area contributed by atoms with Crippen LogP contribution in [-0.2, 0) is 9.59 Å². The summed E-state index contributed by atoms with van der Waals surface area (Å²) in [6, 6.07) is 6.46. The van der Waals surface area contributed by atoms with Gasteiger partial charge < -0.3 is 5.11 Å². The molecule has 0 bridgehead atoms. The summed E-state index contributed by atoms with van der Waals surface area (Å²) < 4.78 is 40.7. The summed E-state index contributed by atoms with van der Waals surface area (Å²) in [5, 5.41) is 8.66. The van der Waals surface area contributed by atoms with Crippen LogP contribution < -0.4 is 0 Å². The van der Waals surface area contributed by atoms with Gasteiger partial charge in [-0.1, -0.05) is 36.5 Å². The Morgan fingerprint density at radius 3 is 2.55 bits per heavy atom. The van der Waals surface area contributed by atoms with Crippen molar-refractivity contribution >= 4 is 46.3 Å². The van der Waals surface area contributed by atoms with Gasteiger partial charge in [-0.15, -0.1) is 0 Å². The molecule has 1 saturated heterocycles. The summed E-state index contributed by atoms with van der Waals surface area (Å²) in [4.78, 5) is 29.3. The zero-order valence-electron chi connectivity index (χ0n) is 16.1. The van der Waals surface area contributed by atoms with Crippen LogP contribution in [0.4, 0.5) is 13.2 Å². The molecule has 2 aromatic rings. The first-order valence-electron chi connectivity index (χ1n) is 9.35. The fraction of sp³-hybridized carbons (Fsp3) is 0.238. The second kappa shape index (κ2) is 10.1. The number of thiocarbonyl (C=S) groups is 1. The number of benzene rings is 1. The quantitative estimate of drug-likeness (QED) is 0.255. The number of aliphatic carboxylic acids is 1. The molecule has 1 fully saturated rings. The second-order valence-electron chi connectivity index (χ2n) is 6.74. The van der Waals surface area contributed by atoms with Gasteiger partial charge in [0.2, 0.25) is 0 Å². The molecule has 31 heavy (non-hydrogen) atoms. The van der Waals surface area contributed by atoms with E-state index < -0.39 is 23.4 Å². The SMILES string of the molecule is O=C(O)CCCCCN1C(=O)/C(=C/c2cccc(-c3cc(F)c(F)c(F)c3)n2)SC1=S. The van der Waals surface area contributed by atoms with Crippen LogP contribution in [0.2, 0.25) is 0 Å². The van der Waals surface area contributed by atoms with E-state index in [-0.39, 0.29) is 23.6 Å². The Balaban J connectivity index is 1.72. The number of thioether (sulfide) groups is 1. The van der Waals surface area contributed by atoms with Gasteiger partial charge >= 0.3 is 5.97 Å². The maximum absolute atomic E-state index is 13.5. The zero-order chi connectivity index (χ0) is 22.5. The number of amides is 1. The van der Waals surface area contributed by atoms with Crippen molar-refractivity contribution in [2.75, 3.05) is 6.54 Å². The third kappa shape index (κ3) is 5.71. The van der Waals surface area contributed by atoms with Gasteiger partial charge in [-0.2, -0.15) is 0 Å². The van der Waals surface area contributed by atoms with Gasteiger partial charge in [0.15, 0.2) is 17.5 Å². The molecule has 1 aliphatic heterocycles. The van der Waals surface area contributed by atoms with Crippen molar-refractivity contribution in [1.29, 1.82) is 0 Å². The Labute approximate surface area is 186 Å². The zero-order valence-corrected chi connectivity index (χ0v) is 17.7. The molecule has 1 aromatic heterocycles. The summed E-state index contributed by atoms with van der Waals surface area (Å²) in [5.41, 5.74) is 0.672. The number of carbonyl (C=O) groups is 2. The van der Waals surface area contributed by atoms with E-state index in [0.29, 0.717) is 40.7 Å². The Kier molecular flexibility index (Phi) is 7.45. The summed E-state index contributed by atoms with van der Waals surface area (Å²) >= 11 is 6.39. The molecule has 0 aliphatic carbocycles. The molecule has 3 rings (SSSR count). The first-order chi connectivity index (χ1) is 14.8. The Hall–Kier alpha value is -2.72. The van der Waals surface area contributed by atoms with Crippen LogP contribution in [0, 0.1) is 17.5 Å². The number of nitrogens with zero attached hydrogens (tertiary/aromatic N) is 2. The summed E-state index contributed by atoms with van der Waals surface area (Å²) in [6.45, 7) is 0.392. The van der Waals surface area contributed by atoms with Crippen LogP contribution in [0.1, 0.15) is 31.4 Å². The van der Waals surface area contributed by atoms with Crippen LogP contribution >= 0.6 is 24.0 Å². The molecule has 1 amide bonds. The van der Waals surface area contributed by atoms with Crippen molar-refractivity contribution < 1.29 is 27.9 Å². The molecule has 2 heterocycles. The van der Waals surface area contributed by atoms with Crippen molar-refractivity contribution in [1.82, 2.24) is 9.88 Å². The molecule has 0 saturated carbocycles. The van der Waals surface area contributed by atoms with Crippen LogP contribution in [0.15, 0.2) is 35.2 Å². The van der Waals surface area contributed by atoms with Crippen LogP contribution in [0.25, 0.3) is 17.3 Å². The average molecular weight is 467 g/mol.